The second kappa shape index (κ2) is 6.76. The maximum Gasteiger partial charge on any atom is 0.171 e. The number of tetrazole rings is 1. The van der Waals surface area contributed by atoms with Crippen molar-refractivity contribution < 1.29 is 5.11 Å². The van der Waals surface area contributed by atoms with Crippen LogP contribution in [0.4, 0.5) is 0 Å². The maximum atomic E-state index is 10.6. The molecule has 5 heteroatoms. The lowest BCUT2D eigenvalue weighted by atomic mass is 9.49. The Balaban J connectivity index is 1.15. The molecule has 6 rings (SSSR count). The van der Waals surface area contributed by atoms with Gasteiger partial charge in [0, 0.05) is 0 Å². The molecule has 10 atom stereocenters. The van der Waals surface area contributed by atoms with Crippen molar-refractivity contribution in [2.75, 3.05) is 0 Å². The zero-order valence-corrected chi connectivity index (χ0v) is 19.1. The fraction of sp³-hybridized carbons (Fsp3) is 0.960. The molecule has 5 fully saturated rings. The van der Waals surface area contributed by atoms with Gasteiger partial charge in [-0.15, -0.1) is 10.2 Å². The topological polar surface area (TPSA) is 63.8 Å². The number of aryl methyl sites for hydroxylation is 1. The molecule has 1 heterocycles. The van der Waals surface area contributed by atoms with Gasteiger partial charge in [-0.1, -0.05) is 6.92 Å². The highest BCUT2D eigenvalue weighted by Gasteiger charge is 2.61. The van der Waals surface area contributed by atoms with Crippen LogP contribution in [0.15, 0.2) is 0 Å². The quantitative estimate of drug-likeness (QED) is 0.786. The van der Waals surface area contributed by atoms with Gasteiger partial charge in [-0.25, -0.2) is 0 Å². The van der Waals surface area contributed by atoms with Gasteiger partial charge in [0.1, 0.15) is 0 Å². The first-order valence-electron chi connectivity index (χ1n) is 12.8. The van der Waals surface area contributed by atoms with Gasteiger partial charge >= 0.3 is 0 Å². The van der Waals surface area contributed by atoms with Gasteiger partial charge in [-0.05, 0) is 136 Å². The lowest BCUT2D eigenvalue weighted by molar-refractivity contribution is -0.101. The Morgan fingerprint density at radius 1 is 0.933 bits per heavy atom. The monoisotopic (exact) mass is 412 g/mol. The molecule has 0 saturated heterocycles. The molecular formula is C25H40N4O. The molecule has 1 N–H and O–H groups in total. The maximum absolute atomic E-state index is 10.6. The summed E-state index contributed by atoms with van der Waals surface area (Å²) >= 11 is 0. The van der Waals surface area contributed by atoms with Gasteiger partial charge in [0.25, 0.3) is 0 Å². The van der Waals surface area contributed by atoms with Crippen LogP contribution in [-0.4, -0.2) is 30.9 Å². The molecule has 166 valence electrons. The third kappa shape index (κ3) is 3.09. The van der Waals surface area contributed by atoms with E-state index in [4.69, 9.17) is 0 Å². The molecule has 0 unspecified atom stereocenters. The van der Waals surface area contributed by atoms with E-state index >= 15 is 0 Å². The summed E-state index contributed by atoms with van der Waals surface area (Å²) < 4.78 is 0. The Kier molecular flexibility index (Phi) is 4.44. The summed E-state index contributed by atoms with van der Waals surface area (Å²) in [6, 6.07) is 0. The van der Waals surface area contributed by atoms with Crippen LogP contribution in [0, 0.1) is 59.7 Å². The number of nitrogens with zero attached hydrogens (tertiary/aromatic N) is 4. The first-order valence-corrected chi connectivity index (χ1v) is 12.8. The molecule has 1 aromatic rings. The van der Waals surface area contributed by atoms with Crippen molar-refractivity contribution >= 4 is 0 Å². The Hall–Kier alpha value is -0.970. The molecule has 0 radical (unpaired) electrons. The minimum atomic E-state index is -0.395. The molecule has 0 amide bonds. The minimum Gasteiger partial charge on any atom is -0.390 e. The van der Waals surface area contributed by atoms with E-state index in [0.29, 0.717) is 5.41 Å². The van der Waals surface area contributed by atoms with Gasteiger partial charge in [0.05, 0.1) is 12.1 Å². The summed E-state index contributed by atoms with van der Waals surface area (Å²) in [5.41, 5.74) is 0.174. The fourth-order valence-electron chi connectivity index (χ4n) is 9.41. The van der Waals surface area contributed by atoms with Crippen LogP contribution in [0.2, 0.25) is 0 Å². The zero-order chi connectivity index (χ0) is 20.7. The number of hydrogen-bond donors (Lipinski definition) is 1. The highest BCUT2D eigenvalue weighted by Crippen LogP contribution is 2.68. The molecule has 5 aliphatic carbocycles. The predicted octanol–water partition coefficient (Wildman–Crippen LogP) is 4.64. The largest absolute Gasteiger partial charge is 0.390 e. The lowest BCUT2D eigenvalue weighted by Gasteiger charge is -2.57. The molecule has 30 heavy (non-hydrogen) atoms. The Bertz CT molecular complexity index is 805. The molecule has 0 spiro atoms. The molecule has 0 bridgehead atoms. The van der Waals surface area contributed by atoms with Crippen molar-refractivity contribution in [2.45, 2.75) is 97.1 Å². The Morgan fingerprint density at radius 3 is 2.47 bits per heavy atom. The minimum absolute atomic E-state index is 0.395. The van der Waals surface area contributed by atoms with Gasteiger partial charge < -0.3 is 5.11 Å². The van der Waals surface area contributed by atoms with E-state index < -0.39 is 5.60 Å². The van der Waals surface area contributed by atoms with Crippen molar-refractivity contribution in [3.8, 4) is 0 Å². The van der Waals surface area contributed by atoms with Gasteiger partial charge in [-0.3, -0.25) is 0 Å². The molecular weight excluding hydrogens is 372 g/mol. The molecule has 5 aliphatic rings. The number of hydrogen-bond acceptors (Lipinski definition) is 4. The normalized spacial score (nSPS) is 52.4. The zero-order valence-electron chi connectivity index (χ0n) is 19.1. The second-order valence-electron chi connectivity index (χ2n) is 12.5. The van der Waals surface area contributed by atoms with E-state index in [2.05, 4.69) is 29.3 Å². The molecule has 1 aromatic heterocycles. The summed E-state index contributed by atoms with van der Waals surface area (Å²) in [4.78, 5) is 1.84. The first kappa shape index (κ1) is 19.7. The highest BCUT2D eigenvalue weighted by molar-refractivity contribution is 5.10. The third-order valence-electron chi connectivity index (χ3n) is 10.8. The molecule has 0 aliphatic heterocycles. The first-order chi connectivity index (χ1) is 14.3. The van der Waals surface area contributed by atoms with Gasteiger partial charge in [0.15, 0.2) is 5.82 Å². The SMILES string of the molecule is Cc1nnn(C[C@@H]2C[C@H]2[C@H]2CC[C@H]3[C@@H]4CC[C@@H]5C[C@](C)(O)CC[C@@H]5[C@H]4CC[C@]23C)n1. The number of rotatable bonds is 3. The summed E-state index contributed by atoms with van der Waals surface area (Å²) in [6.45, 7) is 7.66. The number of fused-ring (bicyclic) bond motifs is 5. The van der Waals surface area contributed by atoms with Crippen LogP contribution in [-0.2, 0) is 6.54 Å². The van der Waals surface area contributed by atoms with E-state index in [1.54, 1.807) is 0 Å². The summed E-state index contributed by atoms with van der Waals surface area (Å²) in [7, 11) is 0. The summed E-state index contributed by atoms with van der Waals surface area (Å²) in [6.07, 6.45) is 13.4. The van der Waals surface area contributed by atoms with Gasteiger partial charge in [0.2, 0.25) is 0 Å². The van der Waals surface area contributed by atoms with Gasteiger partial charge in [-0.2, -0.15) is 4.80 Å². The van der Waals surface area contributed by atoms with Crippen molar-refractivity contribution in [3.63, 3.8) is 0 Å². The van der Waals surface area contributed by atoms with E-state index in [-0.39, 0.29) is 0 Å². The van der Waals surface area contributed by atoms with Crippen LogP contribution in [0.25, 0.3) is 0 Å². The fourth-order valence-corrected chi connectivity index (χ4v) is 9.41. The number of aromatic nitrogens is 4. The summed E-state index contributed by atoms with van der Waals surface area (Å²) in [5, 5.41) is 23.3. The van der Waals surface area contributed by atoms with Crippen LogP contribution in [0.1, 0.15) is 83.9 Å². The Labute approximate surface area is 181 Å². The average molecular weight is 413 g/mol. The summed E-state index contributed by atoms with van der Waals surface area (Å²) in [5.74, 6) is 7.95. The van der Waals surface area contributed by atoms with Crippen molar-refractivity contribution in [3.05, 3.63) is 5.82 Å². The van der Waals surface area contributed by atoms with Crippen LogP contribution >= 0.6 is 0 Å². The molecule has 0 aromatic carbocycles. The van der Waals surface area contributed by atoms with Crippen LogP contribution in [0.5, 0.6) is 0 Å². The molecule has 5 saturated carbocycles. The Morgan fingerprint density at radius 2 is 1.70 bits per heavy atom. The van der Waals surface area contributed by atoms with Crippen molar-refractivity contribution in [1.82, 2.24) is 20.2 Å². The van der Waals surface area contributed by atoms with E-state index in [1.165, 1.54) is 51.4 Å². The number of aliphatic hydroxyl groups is 1. The van der Waals surface area contributed by atoms with E-state index in [1.807, 2.05) is 11.7 Å². The smallest absolute Gasteiger partial charge is 0.171 e. The standard InChI is InChI=1S/C25H40N4O/c1-15-26-28-29(27-15)14-17-12-21(17)23-7-6-22-20-5-4-16-13-24(2,30)10-8-18(16)19(20)9-11-25(22,23)3/h16-23,30H,4-14H2,1-3H3/t16-,17+,18+,19-,20-,21-,22+,23-,24-,25+/m1/s1. The van der Waals surface area contributed by atoms with Crippen molar-refractivity contribution in [2.24, 2.45) is 52.8 Å². The highest BCUT2D eigenvalue weighted by atomic mass is 16.3. The van der Waals surface area contributed by atoms with E-state index in [0.717, 1.165) is 72.6 Å². The van der Waals surface area contributed by atoms with Crippen LogP contribution in [0.3, 0.4) is 0 Å². The third-order valence-corrected chi connectivity index (χ3v) is 10.8. The van der Waals surface area contributed by atoms with E-state index in [9.17, 15) is 5.11 Å². The van der Waals surface area contributed by atoms with Crippen LogP contribution < -0.4 is 0 Å². The average Bonchev–Trinajstić information content (AvgIpc) is 3.15. The van der Waals surface area contributed by atoms with Crippen molar-refractivity contribution in [1.29, 1.82) is 0 Å². The molecule has 5 nitrogen and oxygen atoms in total. The lowest BCUT2D eigenvalue weighted by Crippen LogP contribution is -2.50. The predicted molar refractivity (Wildman–Crippen MR) is 115 cm³/mol. The second-order valence-corrected chi connectivity index (χ2v) is 12.5.